The Morgan fingerprint density at radius 2 is 2.04 bits per heavy atom. The van der Waals surface area contributed by atoms with Crippen molar-refractivity contribution in [3.63, 3.8) is 0 Å². The van der Waals surface area contributed by atoms with Gasteiger partial charge in [0.05, 0.1) is 5.02 Å². The molecule has 0 aromatic carbocycles. The zero-order chi connectivity index (χ0) is 16.5. The largest absolute Gasteiger partial charge is 0.357 e. The van der Waals surface area contributed by atoms with Gasteiger partial charge >= 0.3 is 0 Å². The Hall–Kier alpha value is -2.08. The van der Waals surface area contributed by atoms with Gasteiger partial charge in [0.25, 0.3) is 5.91 Å². The summed E-state index contributed by atoms with van der Waals surface area (Å²) in [5.41, 5.74) is 1.59. The van der Waals surface area contributed by atoms with E-state index in [4.69, 9.17) is 11.6 Å². The van der Waals surface area contributed by atoms with Gasteiger partial charge in [0.15, 0.2) is 0 Å². The van der Waals surface area contributed by atoms with E-state index < -0.39 is 0 Å². The number of nitrogens with zero attached hydrogens (tertiary/aromatic N) is 3. The molecule has 2 aliphatic rings. The molecule has 0 spiro atoms. The average molecular weight is 346 g/mol. The van der Waals surface area contributed by atoms with Crippen molar-refractivity contribution in [3.05, 3.63) is 41.1 Å². The molecule has 3 heterocycles. The third-order valence-corrected chi connectivity index (χ3v) is 5.11. The van der Waals surface area contributed by atoms with Gasteiger partial charge in [-0.1, -0.05) is 11.6 Å². The first-order chi connectivity index (χ1) is 11.7. The summed E-state index contributed by atoms with van der Waals surface area (Å²) in [6.07, 6.45) is 7.57. The molecule has 4 rings (SSSR count). The van der Waals surface area contributed by atoms with Crippen molar-refractivity contribution in [2.75, 3.05) is 18.0 Å². The molecule has 7 heteroatoms. The maximum Gasteiger partial charge on any atom is 0.267 e. The van der Waals surface area contributed by atoms with Gasteiger partial charge < -0.3 is 15.2 Å². The molecule has 1 aliphatic carbocycles. The zero-order valence-electron chi connectivity index (χ0n) is 13.3. The number of hydrogen-bond donors (Lipinski definition) is 2. The van der Waals surface area contributed by atoms with Crippen LogP contribution in [0.4, 0.5) is 5.82 Å². The Kier molecular flexibility index (Phi) is 4.14. The number of anilines is 1. The molecule has 126 valence electrons. The highest BCUT2D eigenvalue weighted by atomic mass is 35.5. The van der Waals surface area contributed by atoms with Crippen LogP contribution < -0.4 is 10.2 Å². The molecule has 24 heavy (non-hydrogen) atoms. The minimum atomic E-state index is -0.106. The number of aromatic amines is 1. The number of amides is 1. The van der Waals surface area contributed by atoms with Crippen molar-refractivity contribution in [1.82, 2.24) is 20.3 Å². The minimum absolute atomic E-state index is 0.106. The van der Waals surface area contributed by atoms with Crippen LogP contribution in [0.2, 0.25) is 5.02 Å². The number of hydrogen-bond acceptors (Lipinski definition) is 4. The summed E-state index contributed by atoms with van der Waals surface area (Å²) < 4.78 is 0. The fourth-order valence-corrected chi connectivity index (χ4v) is 3.61. The predicted octanol–water partition coefficient (Wildman–Crippen LogP) is 2.73. The topological polar surface area (TPSA) is 73.9 Å². The molecule has 6 nitrogen and oxygen atoms in total. The quantitative estimate of drug-likeness (QED) is 0.893. The van der Waals surface area contributed by atoms with Gasteiger partial charge in [0, 0.05) is 43.0 Å². The molecule has 2 aromatic rings. The third kappa shape index (κ3) is 3.11. The Morgan fingerprint density at radius 1 is 1.25 bits per heavy atom. The van der Waals surface area contributed by atoms with E-state index in [-0.39, 0.29) is 11.9 Å². The molecular formula is C17H20ClN5O. The molecule has 2 N–H and O–H groups in total. The van der Waals surface area contributed by atoms with Gasteiger partial charge in [-0.2, -0.15) is 0 Å². The number of carbonyl (C=O) groups is 1. The highest BCUT2D eigenvalue weighted by molar-refractivity contribution is 6.30. The van der Waals surface area contributed by atoms with E-state index in [2.05, 4.69) is 31.2 Å². The lowest BCUT2D eigenvalue weighted by Crippen LogP contribution is -2.43. The number of halogens is 1. The Morgan fingerprint density at radius 3 is 2.75 bits per heavy atom. The van der Waals surface area contributed by atoms with E-state index in [1.165, 1.54) is 12.8 Å². The van der Waals surface area contributed by atoms with Crippen molar-refractivity contribution in [2.45, 2.75) is 37.6 Å². The van der Waals surface area contributed by atoms with E-state index >= 15 is 0 Å². The first-order valence-electron chi connectivity index (χ1n) is 8.41. The maximum atomic E-state index is 12.1. The SMILES string of the molecule is O=C(NC1CC(c2cc(N3CCCC3)ncn2)C1)c1cc(Cl)c[nH]1. The third-order valence-electron chi connectivity index (χ3n) is 4.89. The van der Waals surface area contributed by atoms with Crippen LogP contribution in [0.5, 0.6) is 0 Å². The molecule has 2 fully saturated rings. The summed E-state index contributed by atoms with van der Waals surface area (Å²) in [5, 5.41) is 3.58. The zero-order valence-corrected chi connectivity index (χ0v) is 14.1. The molecule has 1 saturated heterocycles. The summed E-state index contributed by atoms with van der Waals surface area (Å²) >= 11 is 5.83. The van der Waals surface area contributed by atoms with Gasteiger partial charge in [-0.3, -0.25) is 4.79 Å². The lowest BCUT2D eigenvalue weighted by molar-refractivity contribution is 0.0903. The van der Waals surface area contributed by atoms with Crippen LogP contribution in [0.3, 0.4) is 0 Å². The highest BCUT2D eigenvalue weighted by Gasteiger charge is 2.33. The highest BCUT2D eigenvalue weighted by Crippen LogP contribution is 2.37. The summed E-state index contributed by atoms with van der Waals surface area (Å²) in [6.45, 7) is 2.16. The monoisotopic (exact) mass is 345 g/mol. The fraction of sp³-hybridized carbons (Fsp3) is 0.471. The van der Waals surface area contributed by atoms with Crippen molar-refractivity contribution in [2.24, 2.45) is 0 Å². The van der Waals surface area contributed by atoms with Crippen molar-refractivity contribution in [1.29, 1.82) is 0 Å². The predicted molar refractivity (Wildman–Crippen MR) is 92.5 cm³/mol. The number of H-pyrrole nitrogens is 1. The van der Waals surface area contributed by atoms with Gasteiger partial charge in [-0.05, 0) is 31.7 Å². The maximum absolute atomic E-state index is 12.1. The summed E-state index contributed by atoms with van der Waals surface area (Å²) in [4.78, 5) is 26.1. The second-order valence-electron chi connectivity index (χ2n) is 6.57. The number of rotatable bonds is 4. The molecule has 2 aromatic heterocycles. The summed E-state index contributed by atoms with van der Waals surface area (Å²) in [5.74, 6) is 1.32. The Labute approximate surface area is 145 Å². The number of nitrogens with one attached hydrogen (secondary N) is 2. The van der Waals surface area contributed by atoms with E-state index in [9.17, 15) is 4.79 Å². The Bertz CT molecular complexity index is 734. The molecule has 0 bridgehead atoms. The van der Waals surface area contributed by atoms with Gasteiger partial charge in [0.2, 0.25) is 0 Å². The van der Waals surface area contributed by atoms with Gasteiger partial charge in [0.1, 0.15) is 17.8 Å². The Balaban J connectivity index is 1.34. The van der Waals surface area contributed by atoms with Crippen LogP contribution >= 0.6 is 11.6 Å². The lowest BCUT2D eigenvalue weighted by atomic mass is 9.78. The first kappa shape index (κ1) is 15.4. The van der Waals surface area contributed by atoms with Crippen LogP contribution in [0.15, 0.2) is 24.7 Å². The average Bonchev–Trinajstić information content (AvgIpc) is 3.22. The van der Waals surface area contributed by atoms with Crippen LogP contribution in [0.25, 0.3) is 0 Å². The van der Waals surface area contributed by atoms with Gasteiger partial charge in [-0.15, -0.1) is 0 Å². The molecule has 1 amide bonds. The number of carbonyl (C=O) groups excluding carboxylic acids is 1. The molecule has 0 radical (unpaired) electrons. The van der Waals surface area contributed by atoms with Crippen molar-refractivity contribution >= 4 is 23.3 Å². The standard InChI is InChI=1S/C17H20ClN5O/c18-12-7-15(19-9-12)17(24)22-13-5-11(6-13)14-8-16(21-10-20-14)23-3-1-2-4-23/h7-11,13,19H,1-6H2,(H,22,24). The van der Waals surface area contributed by atoms with Gasteiger partial charge in [-0.25, -0.2) is 9.97 Å². The normalized spacial score (nSPS) is 23.1. The van der Waals surface area contributed by atoms with Crippen LogP contribution in [-0.4, -0.2) is 40.0 Å². The van der Waals surface area contributed by atoms with E-state index in [1.54, 1.807) is 18.6 Å². The summed E-state index contributed by atoms with van der Waals surface area (Å²) in [6, 6.07) is 3.94. The second-order valence-corrected chi connectivity index (χ2v) is 7.00. The molecule has 1 saturated carbocycles. The molecular weight excluding hydrogens is 326 g/mol. The van der Waals surface area contributed by atoms with Crippen molar-refractivity contribution < 1.29 is 4.79 Å². The summed E-state index contributed by atoms with van der Waals surface area (Å²) in [7, 11) is 0. The molecule has 0 unspecified atom stereocenters. The second kappa shape index (κ2) is 6.43. The fourth-order valence-electron chi connectivity index (χ4n) is 3.44. The smallest absolute Gasteiger partial charge is 0.267 e. The van der Waals surface area contributed by atoms with Crippen LogP contribution in [0.1, 0.15) is 47.8 Å². The van der Waals surface area contributed by atoms with E-state index in [0.717, 1.165) is 37.4 Å². The van der Waals surface area contributed by atoms with E-state index in [1.807, 2.05) is 0 Å². The molecule has 0 atom stereocenters. The van der Waals surface area contributed by atoms with Crippen LogP contribution in [-0.2, 0) is 0 Å². The number of aromatic nitrogens is 3. The molecule has 1 aliphatic heterocycles. The first-order valence-corrected chi connectivity index (χ1v) is 8.78. The van der Waals surface area contributed by atoms with Crippen LogP contribution in [0, 0.1) is 0 Å². The minimum Gasteiger partial charge on any atom is -0.357 e. The van der Waals surface area contributed by atoms with E-state index in [0.29, 0.717) is 16.6 Å². The lowest BCUT2D eigenvalue weighted by Gasteiger charge is -2.35. The van der Waals surface area contributed by atoms with Crippen molar-refractivity contribution in [3.8, 4) is 0 Å².